The summed E-state index contributed by atoms with van der Waals surface area (Å²) in [6.07, 6.45) is 7.64. The first-order valence-electron chi connectivity index (χ1n) is 7.75. The van der Waals surface area contributed by atoms with Crippen LogP contribution in [0.5, 0.6) is 11.5 Å². The van der Waals surface area contributed by atoms with Gasteiger partial charge in [0.25, 0.3) is 0 Å². The maximum atomic E-state index is 12.0. The second-order valence-corrected chi connectivity index (χ2v) is 6.71. The number of hydrogen-bond acceptors (Lipinski definition) is 3. The van der Waals surface area contributed by atoms with Gasteiger partial charge >= 0.3 is 0 Å². The lowest BCUT2D eigenvalue weighted by Crippen LogP contribution is -2.38. The number of phenols is 1. The normalized spacial score (nSPS) is 18.3. The van der Waals surface area contributed by atoms with Gasteiger partial charge in [-0.05, 0) is 54.9 Å². The highest BCUT2D eigenvalue weighted by Crippen LogP contribution is 2.35. The van der Waals surface area contributed by atoms with Crippen LogP contribution in [0.4, 0.5) is 0 Å². The fraction of sp³-hybridized carbons (Fsp3) is 0.500. The number of ether oxygens (including phenoxy) is 1. The van der Waals surface area contributed by atoms with Crippen LogP contribution in [-0.4, -0.2) is 24.2 Å². The lowest BCUT2D eigenvalue weighted by molar-refractivity contribution is -0.117. The third-order valence-corrected chi connectivity index (χ3v) is 4.32. The summed E-state index contributed by atoms with van der Waals surface area (Å²) in [5, 5.41) is 12.6. The highest BCUT2D eigenvalue weighted by atomic mass is 16.5. The first-order chi connectivity index (χ1) is 10.4. The van der Waals surface area contributed by atoms with Crippen LogP contribution in [0.15, 0.2) is 24.3 Å². The summed E-state index contributed by atoms with van der Waals surface area (Å²) in [4.78, 5) is 12.0. The summed E-state index contributed by atoms with van der Waals surface area (Å²) in [6, 6.07) is 5.27. The fourth-order valence-electron chi connectivity index (χ4n) is 2.76. The molecule has 1 aliphatic rings. The molecule has 0 aromatic heterocycles. The van der Waals surface area contributed by atoms with E-state index in [2.05, 4.69) is 19.2 Å². The molecule has 1 amide bonds. The van der Waals surface area contributed by atoms with Crippen LogP contribution >= 0.6 is 0 Å². The molecule has 0 atom stereocenters. The number of nitrogens with one attached hydrogen (secondary N) is 1. The summed E-state index contributed by atoms with van der Waals surface area (Å²) in [7, 11) is 1.50. The highest BCUT2D eigenvalue weighted by molar-refractivity contribution is 5.92. The van der Waals surface area contributed by atoms with Gasteiger partial charge in [0.2, 0.25) is 5.91 Å². The molecule has 0 saturated heterocycles. The lowest BCUT2D eigenvalue weighted by Gasteiger charge is -2.34. The zero-order valence-electron chi connectivity index (χ0n) is 13.6. The van der Waals surface area contributed by atoms with Crippen LogP contribution in [0.1, 0.15) is 45.1 Å². The van der Waals surface area contributed by atoms with Crippen molar-refractivity contribution in [2.75, 3.05) is 7.11 Å². The van der Waals surface area contributed by atoms with E-state index in [9.17, 15) is 9.90 Å². The van der Waals surface area contributed by atoms with Crippen molar-refractivity contribution in [1.82, 2.24) is 5.32 Å². The molecule has 22 heavy (non-hydrogen) atoms. The molecule has 1 saturated carbocycles. The molecular weight excluding hydrogens is 278 g/mol. The molecule has 4 heteroatoms. The number of rotatable bonds is 4. The van der Waals surface area contributed by atoms with Gasteiger partial charge in [-0.3, -0.25) is 4.79 Å². The van der Waals surface area contributed by atoms with E-state index in [1.165, 1.54) is 13.2 Å². The number of aromatic hydroxyl groups is 1. The molecule has 120 valence electrons. The summed E-state index contributed by atoms with van der Waals surface area (Å²) in [5.74, 6) is 0.419. The van der Waals surface area contributed by atoms with Crippen LogP contribution in [0, 0.1) is 5.41 Å². The number of hydrogen-bond donors (Lipinski definition) is 2. The van der Waals surface area contributed by atoms with Crippen molar-refractivity contribution in [3.63, 3.8) is 0 Å². The van der Waals surface area contributed by atoms with Gasteiger partial charge in [-0.15, -0.1) is 0 Å². The predicted molar refractivity (Wildman–Crippen MR) is 87.9 cm³/mol. The summed E-state index contributed by atoms with van der Waals surface area (Å²) in [5.41, 5.74) is 1.22. The molecule has 4 nitrogen and oxygen atoms in total. The molecule has 1 aliphatic carbocycles. The van der Waals surface area contributed by atoms with Gasteiger partial charge in [-0.2, -0.15) is 0 Å². The van der Waals surface area contributed by atoms with Gasteiger partial charge in [0.1, 0.15) is 0 Å². The van der Waals surface area contributed by atoms with Gasteiger partial charge in [0.05, 0.1) is 7.11 Å². The molecular formula is C18H25NO3. The second kappa shape index (κ2) is 6.86. The number of amides is 1. The topological polar surface area (TPSA) is 58.6 Å². The van der Waals surface area contributed by atoms with Crippen LogP contribution in [0.2, 0.25) is 0 Å². The Morgan fingerprint density at radius 3 is 2.68 bits per heavy atom. The smallest absolute Gasteiger partial charge is 0.244 e. The molecule has 2 rings (SSSR count). The monoisotopic (exact) mass is 303 g/mol. The Kier molecular flexibility index (Phi) is 5.11. The Bertz CT molecular complexity index is 553. The van der Waals surface area contributed by atoms with Crippen LogP contribution in [0.25, 0.3) is 6.08 Å². The van der Waals surface area contributed by atoms with E-state index in [-0.39, 0.29) is 17.7 Å². The number of methoxy groups -OCH3 is 1. The molecule has 0 radical (unpaired) electrons. The number of carbonyl (C=O) groups is 1. The van der Waals surface area contributed by atoms with E-state index in [1.807, 2.05) is 0 Å². The van der Waals surface area contributed by atoms with Crippen molar-refractivity contribution in [3.8, 4) is 11.5 Å². The molecule has 0 bridgehead atoms. The summed E-state index contributed by atoms with van der Waals surface area (Å²) < 4.78 is 5.05. The minimum absolute atomic E-state index is 0.0725. The van der Waals surface area contributed by atoms with Gasteiger partial charge in [-0.1, -0.05) is 19.9 Å². The molecule has 2 N–H and O–H groups in total. The van der Waals surface area contributed by atoms with E-state index in [0.29, 0.717) is 11.2 Å². The Balaban J connectivity index is 1.89. The number of carbonyl (C=O) groups excluding carboxylic acids is 1. The third kappa shape index (κ3) is 4.52. The molecule has 1 fully saturated rings. The summed E-state index contributed by atoms with van der Waals surface area (Å²) in [6.45, 7) is 4.56. The van der Waals surface area contributed by atoms with E-state index in [0.717, 1.165) is 31.2 Å². The van der Waals surface area contributed by atoms with Gasteiger partial charge in [0.15, 0.2) is 11.5 Å². The Morgan fingerprint density at radius 2 is 2.05 bits per heavy atom. The second-order valence-electron chi connectivity index (χ2n) is 6.71. The molecule has 0 unspecified atom stereocenters. The zero-order valence-corrected chi connectivity index (χ0v) is 13.6. The standard InChI is InChI=1S/C18H25NO3/c1-18(2)10-8-14(9-11-18)19-17(21)7-5-13-4-6-15(20)16(12-13)22-3/h4-7,12,14,20H,8-11H2,1-3H3,(H,19,21). The maximum absolute atomic E-state index is 12.0. The van der Waals surface area contributed by atoms with Crippen molar-refractivity contribution in [3.05, 3.63) is 29.8 Å². The quantitative estimate of drug-likeness (QED) is 0.837. The van der Waals surface area contributed by atoms with Gasteiger partial charge in [0, 0.05) is 12.1 Å². The van der Waals surface area contributed by atoms with Crippen molar-refractivity contribution < 1.29 is 14.6 Å². The van der Waals surface area contributed by atoms with E-state index in [4.69, 9.17) is 4.74 Å². The molecule has 0 aliphatic heterocycles. The zero-order chi connectivity index (χ0) is 16.2. The van der Waals surface area contributed by atoms with Crippen molar-refractivity contribution >= 4 is 12.0 Å². The first kappa shape index (κ1) is 16.4. The summed E-state index contributed by atoms with van der Waals surface area (Å²) >= 11 is 0. The highest BCUT2D eigenvalue weighted by Gasteiger charge is 2.27. The van der Waals surface area contributed by atoms with E-state index >= 15 is 0 Å². The average molecular weight is 303 g/mol. The van der Waals surface area contributed by atoms with Crippen LogP contribution < -0.4 is 10.1 Å². The fourth-order valence-corrected chi connectivity index (χ4v) is 2.76. The Labute approximate surface area is 132 Å². The largest absolute Gasteiger partial charge is 0.504 e. The van der Waals surface area contributed by atoms with Gasteiger partial charge in [-0.25, -0.2) is 0 Å². The third-order valence-electron chi connectivity index (χ3n) is 4.32. The number of phenolic OH excluding ortho intramolecular Hbond substituents is 1. The van der Waals surface area contributed by atoms with Crippen molar-refractivity contribution in [2.24, 2.45) is 5.41 Å². The maximum Gasteiger partial charge on any atom is 0.244 e. The minimum Gasteiger partial charge on any atom is -0.504 e. The Morgan fingerprint density at radius 1 is 1.36 bits per heavy atom. The van der Waals surface area contributed by atoms with Crippen molar-refractivity contribution in [1.29, 1.82) is 0 Å². The predicted octanol–water partition coefficient (Wildman–Crippen LogP) is 3.50. The van der Waals surface area contributed by atoms with Gasteiger partial charge < -0.3 is 15.2 Å². The lowest BCUT2D eigenvalue weighted by atomic mass is 9.75. The Hall–Kier alpha value is -1.97. The molecule has 1 aromatic rings. The average Bonchev–Trinajstić information content (AvgIpc) is 2.48. The SMILES string of the molecule is COc1cc(C=CC(=O)NC2CCC(C)(C)CC2)ccc1O. The first-order valence-corrected chi connectivity index (χ1v) is 7.75. The molecule has 0 spiro atoms. The van der Waals surface area contributed by atoms with E-state index in [1.54, 1.807) is 24.3 Å². The molecule has 1 aromatic carbocycles. The van der Waals surface area contributed by atoms with Crippen molar-refractivity contribution in [2.45, 2.75) is 45.6 Å². The number of benzene rings is 1. The van der Waals surface area contributed by atoms with Crippen LogP contribution in [0.3, 0.4) is 0 Å². The van der Waals surface area contributed by atoms with E-state index < -0.39 is 0 Å². The molecule has 0 heterocycles. The van der Waals surface area contributed by atoms with Crippen LogP contribution in [-0.2, 0) is 4.79 Å². The minimum atomic E-state index is -0.0725.